The van der Waals surface area contributed by atoms with E-state index in [-0.39, 0.29) is 12.3 Å². The third-order valence-corrected chi connectivity index (χ3v) is 4.37. The van der Waals surface area contributed by atoms with Crippen LogP contribution in [0.3, 0.4) is 0 Å². The minimum absolute atomic E-state index is 0.0220. The second-order valence-corrected chi connectivity index (χ2v) is 6.23. The van der Waals surface area contributed by atoms with Crippen molar-refractivity contribution in [3.63, 3.8) is 0 Å². The van der Waals surface area contributed by atoms with E-state index in [0.717, 1.165) is 11.3 Å². The van der Waals surface area contributed by atoms with Crippen LogP contribution in [0, 0.1) is 10.1 Å². The lowest BCUT2D eigenvalue weighted by molar-refractivity contribution is -0.385. The Morgan fingerprint density at radius 3 is 2.57 bits per heavy atom. The summed E-state index contributed by atoms with van der Waals surface area (Å²) in [5.41, 5.74) is 6.15. The fraction of sp³-hybridized carbons (Fsp3) is 0.190. The van der Waals surface area contributed by atoms with Gasteiger partial charge in [-0.3, -0.25) is 20.5 Å². The number of hydrazine groups is 1. The predicted molar refractivity (Wildman–Crippen MR) is 106 cm³/mol. The monoisotopic (exact) mass is 379 g/mol. The van der Waals surface area contributed by atoms with Crippen LogP contribution in [0.15, 0.2) is 72.4 Å². The Bertz CT molecular complexity index is 938. The Morgan fingerprint density at radius 2 is 1.89 bits per heavy atom. The number of nitrogens with one attached hydrogen (secondary N) is 1. The lowest BCUT2D eigenvalue weighted by Crippen LogP contribution is -2.33. The van der Waals surface area contributed by atoms with Crippen molar-refractivity contribution in [2.45, 2.75) is 19.9 Å². The topological polar surface area (TPSA) is 84.7 Å². The van der Waals surface area contributed by atoms with Crippen LogP contribution in [0.2, 0.25) is 0 Å². The molecule has 7 heteroatoms. The molecule has 2 aromatic carbocycles. The maximum absolute atomic E-state index is 11.9. The third-order valence-electron chi connectivity index (χ3n) is 4.37. The van der Waals surface area contributed by atoms with E-state index in [4.69, 9.17) is 4.74 Å². The van der Waals surface area contributed by atoms with E-state index < -0.39 is 16.9 Å². The van der Waals surface area contributed by atoms with Gasteiger partial charge in [0.05, 0.1) is 22.8 Å². The largest absolute Gasteiger partial charge is 0.463 e. The molecule has 0 saturated carbocycles. The fourth-order valence-electron chi connectivity index (χ4n) is 3.11. The molecule has 0 radical (unpaired) electrons. The number of carbonyl (C=O) groups is 1. The van der Waals surface area contributed by atoms with Gasteiger partial charge < -0.3 is 4.74 Å². The van der Waals surface area contributed by atoms with E-state index in [9.17, 15) is 14.9 Å². The Kier molecular flexibility index (Phi) is 5.74. The van der Waals surface area contributed by atoms with E-state index in [1.54, 1.807) is 37.1 Å². The van der Waals surface area contributed by atoms with Crippen LogP contribution >= 0.6 is 0 Å². The number of benzene rings is 2. The van der Waals surface area contributed by atoms with Crippen LogP contribution in [-0.2, 0) is 9.53 Å². The number of hydrogen-bond donors (Lipinski definition) is 1. The number of allylic oxidation sites excluding steroid dienone is 1. The van der Waals surface area contributed by atoms with Crippen LogP contribution in [0.25, 0.3) is 5.70 Å². The van der Waals surface area contributed by atoms with Crippen molar-refractivity contribution in [2.24, 2.45) is 0 Å². The van der Waals surface area contributed by atoms with Gasteiger partial charge in [0.15, 0.2) is 0 Å². The molecule has 1 N–H and O–H groups in total. The van der Waals surface area contributed by atoms with Crippen molar-refractivity contribution < 1.29 is 14.5 Å². The Hall–Kier alpha value is -3.61. The number of hydrogen-bond acceptors (Lipinski definition) is 6. The molecule has 3 rings (SSSR count). The first-order chi connectivity index (χ1) is 13.5. The zero-order valence-electron chi connectivity index (χ0n) is 15.7. The van der Waals surface area contributed by atoms with Crippen molar-refractivity contribution in [1.29, 1.82) is 0 Å². The van der Waals surface area contributed by atoms with Crippen molar-refractivity contribution in [3.05, 3.63) is 93.7 Å². The van der Waals surface area contributed by atoms with Crippen molar-refractivity contribution >= 4 is 17.4 Å². The normalized spacial score (nSPS) is 16.4. The molecule has 28 heavy (non-hydrogen) atoms. The van der Waals surface area contributed by atoms with Crippen molar-refractivity contribution in [2.75, 3.05) is 6.61 Å². The molecule has 0 fully saturated rings. The van der Waals surface area contributed by atoms with Crippen molar-refractivity contribution in [3.8, 4) is 0 Å². The smallest absolute Gasteiger partial charge is 0.332 e. The van der Waals surface area contributed by atoms with Crippen LogP contribution in [-0.4, -0.2) is 22.5 Å². The number of ether oxygens (including phenoxy) is 1. The van der Waals surface area contributed by atoms with Crippen LogP contribution in [0.1, 0.15) is 31.0 Å². The average molecular weight is 379 g/mol. The summed E-state index contributed by atoms with van der Waals surface area (Å²) in [6, 6.07) is 15.8. The molecule has 0 saturated heterocycles. The molecule has 0 amide bonds. The Labute approximate surface area is 163 Å². The highest BCUT2D eigenvalue weighted by molar-refractivity contribution is 5.82. The highest BCUT2D eigenvalue weighted by atomic mass is 16.6. The van der Waals surface area contributed by atoms with Gasteiger partial charge in [0.1, 0.15) is 6.04 Å². The molecular formula is C21H21N3O4. The summed E-state index contributed by atoms with van der Waals surface area (Å²) in [7, 11) is 0. The van der Waals surface area contributed by atoms with Crippen LogP contribution in [0.5, 0.6) is 0 Å². The van der Waals surface area contributed by atoms with Crippen LogP contribution in [0.4, 0.5) is 5.69 Å². The minimum atomic E-state index is -0.462. The Morgan fingerprint density at radius 1 is 1.21 bits per heavy atom. The molecule has 0 spiro atoms. The number of nitro groups is 1. The molecule has 1 heterocycles. The minimum Gasteiger partial charge on any atom is -0.463 e. The third kappa shape index (κ3) is 4.03. The SMILES string of the molecule is CCOC(=O)/C=C(\C)N1NC(c2ccccc2)=C[C@@H]1c1ccccc1[N+](=O)[O-]. The Balaban J connectivity index is 2.04. The van der Waals surface area contributed by atoms with Crippen molar-refractivity contribution in [1.82, 2.24) is 10.4 Å². The molecule has 1 atom stereocenters. The standard InChI is InChI=1S/C21H21N3O4/c1-3-28-21(25)13-15(2)23-20(17-11-7-8-12-19(17)24(26)27)14-18(22-23)16-9-5-4-6-10-16/h4-14,20,22H,3H2,1-2H3/b15-13+/t20-/m1/s1. The van der Waals surface area contributed by atoms with Gasteiger partial charge in [0.2, 0.25) is 0 Å². The molecule has 0 unspecified atom stereocenters. The van der Waals surface area contributed by atoms with Gasteiger partial charge in [-0.25, -0.2) is 4.79 Å². The van der Waals surface area contributed by atoms with Crippen LogP contribution < -0.4 is 5.43 Å². The van der Waals surface area contributed by atoms with E-state index >= 15 is 0 Å². The van der Waals surface area contributed by atoms with E-state index in [1.807, 2.05) is 36.4 Å². The van der Waals surface area contributed by atoms with E-state index in [0.29, 0.717) is 11.3 Å². The molecular weight excluding hydrogens is 358 g/mol. The average Bonchev–Trinajstić information content (AvgIpc) is 3.14. The molecule has 1 aliphatic rings. The first kappa shape index (κ1) is 19.2. The number of carbonyl (C=O) groups excluding carboxylic acids is 1. The molecule has 2 aromatic rings. The van der Waals surface area contributed by atoms with Gasteiger partial charge in [-0.2, -0.15) is 0 Å². The van der Waals surface area contributed by atoms with Gasteiger partial charge >= 0.3 is 5.97 Å². The second-order valence-electron chi connectivity index (χ2n) is 6.23. The molecule has 0 aliphatic carbocycles. The lowest BCUT2D eigenvalue weighted by Gasteiger charge is -2.28. The molecule has 0 bridgehead atoms. The number of esters is 1. The first-order valence-corrected chi connectivity index (χ1v) is 8.92. The summed E-state index contributed by atoms with van der Waals surface area (Å²) < 4.78 is 4.99. The van der Waals surface area contributed by atoms with Gasteiger partial charge in [0.25, 0.3) is 5.69 Å². The summed E-state index contributed by atoms with van der Waals surface area (Å²) in [5.74, 6) is -0.462. The predicted octanol–water partition coefficient (Wildman–Crippen LogP) is 3.96. The quantitative estimate of drug-likeness (QED) is 0.354. The van der Waals surface area contributed by atoms with Gasteiger partial charge in [-0.15, -0.1) is 0 Å². The number of nitrogens with zero attached hydrogens (tertiary/aromatic N) is 2. The van der Waals surface area contributed by atoms with E-state index in [1.165, 1.54) is 12.1 Å². The molecule has 1 aliphatic heterocycles. The fourth-order valence-corrected chi connectivity index (χ4v) is 3.11. The zero-order valence-corrected chi connectivity index (χ0v) is 15.7. The van der Waals surface area contributed by atoms with Gasteiger partial charge in [-0.05, 0) is 31.6 Å². The molecule has 7 nitrogen and oxygen atoms in total. The number of nitro benzene ring substituents is 1. The second kappa shape index (κ2) is 8.39. The van der Waals surface area contributed by atoms with E-state index in [2.05, 4.69) is 5.43 Å². The zero-order chi connectivity index (χ0) is 20.1. The highest BCUT2D eigenvalue weighted by Gasteiger charge is 2.31. The van der Waals surface area contributed by atoms with Gasteiger partial charge in [-0.1, -0.05) is 42.5 Å². The highest BCUT2D eigenvalue weighted by Crippen LogP contribution is 2.37. The summed E-state index contributed by atoms with van der Waals surface area (Å²) in [5, 5.41) is 13.3. The summed E-state index contributed by atoms with van der Waals surface area (Å²) in [6.45, 7) is 3.77. The maximum Gasteiger partial charge on any atom is 0.332 e. The number of rotatable bonds is 6. The molecule has 0 aromatic heterocycles. The lowest BCUT2D eigenvalue weighted by atomic mass is 10.0. The molecule has 144 valence electrons. The number of para-hydroxylation sites is 1. The summed E-state index contributed by atoms with van der Waals surface area (Å²) >= 11 is 0. The van der Waals surface area contributed by atoms with Gasteiger partial charge in [0, 0.05) is 17.8 Å². The first-order valence-electron chi connectivity index (χ1n) is 8.92. The summed E-state index contributed by atoms with van der Waals surface area (Å²) in [6.07, 6.45) is 3.29. The summed E-state index contributed by atoms with van der Waals surface area (Å²) in [4.78, 5) is 23.0. The maximum atomic E-state index is 11.9.